The van der Waals surface area contributed by atoms with Gasteiger partial charge in [-0.3, -0.25) is 19.2 Å². The van der Waals surface area contributed by atoms with Crippen molar-refractivity contribution in [3.05, 3.63) is 30.0 Å². The Morgan fingerprint density at radius 1 is 1.33 bits per heavy atom. The predicted octanol–water partition coefficient (Wildman–Crippen LogP) is -0.521. The molecule has 0 radical (unpaired) electrons. The molecule has 0 spiro atoms. The first-order valence-electron chi connectivity index (χ1n) is 9.57. The molecule has 0 unspecified atom stereocenters. The van der Waals surface area contributed by atoms with Crippen LogP contribution in [0, 0.1) is 5.92 Å². The summed E-state index contributed by atoms with van der Waals surface area (Å²) in [5.74, 6) is -1.64. The number of ketones is 1. The number of ether oxygens (including phenoxy) is 1. The summed E-state index contributed by atoms with van der Waals surface area (Å²) in [7, 11) is 1.53. The molecular formula is C20H24N4O6. The van der Waals surface area contributed by atoms with E-state index in [4.69, 9.17) is 9.84 Å². The molecule has 0 bridgehead atoms. The monoisotopic (exact) mass is 416 g/mol. The zero-order valence-electron chi connectivity index (χ0n) is 16.5. The molecular weight excluding hydrogens is 392 g/mol. The second-order valence-electron chi connectivity index (χ2n) is 7.04. The number of carbonyl (C=O) groups is 4. The smallest absolute Gasteiger partial charge is 0.268 e. The van der Waals surface area contributed by atoms with Crippen LogP contribution in [-0.2, 0) is 14.4 Å². The molecule has 160 valence electrons. The number of hydrogen-bond acceptors (Lipinski definition) is 6. The number of fused-ring (bicyclic) bond motifs is 1. The van der Waals surface area contributed by atoms with Gasteiger partial charge in [0.1, 0.15) is 18.1 Å². The maximum absolute atomic E-state index is 12.4. The Morgan fingerprint density at radius 2 is 2.13 bits per heavy atom. The van der Waals surface area contributed by atoms with Gasteiger partial charge < -0.3 is 30.8 Å². The molecule has 1 aliphatic rings. The normalized spacial score (nSPS) is 16.7. The average molecular weight is 416 g/mol. The summed E-state index contributed by atoms with van der Waals surface area (Å²) < 4.78 is 5.26. The fourth-order valence-electron chi connectivity index (χ4n) is 3.46. The minimum atomic E-state index is -0.995. The number of nitrogens with one attached hydrogen (secondary N) is 4. The van der Waals surface area contributed by atoms with Crippen LogP contribution in [0.15, 0.2) is 24.3 Å². The van der Waals surface area contributed by atoms with E-state index in [-0.39, 0.29) is 24.6 Å². The van der Waals surface area contributed by atoms with Gasteiger partial charge in [0.2, 0.25) is 11.8 Å². The van der Waals surface area contributed by atoms with Crippen LogP contribution in [0.3, 0.4) is 0 Å². The summed E-state index contributed by atoms with van der Waals surface area (Å²) in [6.45, 7) is -0.594. The van der Waals surface area contributed by atoms with E-state index in [1.165, 1.54) is 7.11 Å². The van der Waals surface area contributed by atoms with Crippen LogP contribution in [0.5, 0.6) is 5.75 Å². The molecule has 2 aromatic rings. The quantitative estimate of drug-likeness (QED) is 0.371. The molecule has 10 heteroatoms. The number of H-pyrrole nitrogens is 1. The Morgan fingerprint density at radius 3 is 2.80 bits per heavy atom. The van der Waals surface area contributed by atoms with Crippen LogP contribution in [0.2, 0.25) is 0 Å². The number of hydrogen-bond donors (Lipinski definition) is 5. The van der Waals surface area contributed by atoms with Crippen molar-refractivity contribution in [2.75, 3.05) is 26.8 Å². The van der Waals surface area contributed by atoms with Gasteiger partial charge >= 0.3 is 0 Å². The Labute approximate surface area is 172 Å². The summed E-state index contributed by atoms with van der Waals surface area (Å²) >= 11 is 0. The third-order valence-corrected chi connectivity index (χ3v) is 5.06. The first-order chi connectivity index (χ1) is 14.4. The number of aliphatic hydroxyl groups excluding tert-OH is 1. The third-order valence-electron chi connectivity index (χ3n) is 5.06. The van der Waals surface area contributed by atoms with Gasteiger partial charge in [-0.15, -0.1) is 0 Å². The van der Waals surface area contributed by atoms with Gasteiger partial charge in [0.15, 0.2) is 5.78 Å². The third kappa shape index (κ3) is 4.77. The zero-order valence-corrected chi connectivity index (χ0v) is 16.5. The van der Waals surface area contributed by atoms with E-state index in [2.05, 4.69) is 20.9 Å². The predicted molar refractivity (Wildman–Crippen MR) is 107 cm³/mol. The Kier molecular flexibility index (Phi) is 6.68. The number of rotatable bonds is 9. The van der Waals surface area contributed by atoms with E-state index in [1.807, 2.05) is 0 Å². The van der Waals surface area contributed by atoms with Gasteiger partial charge in [0, 0.05) is 23.4 Å². The average Bonchev–Trinajstić information content (AvgIpc) is 3.36. The lowest BCUT2D eigenvalue weighted by Crippen LogP contribution is -2.47. The molecule has 2 atom stereocenters. The van der Waals surface area contributed by atoms with Crippen molar-refractivity contribution in [3.63, 3.8) is 0 Å². The van der Waals surface area contributed by atoms with Gasteiger partial charge in [0.25, 0.3) is 5.91 Å². The highest BCUT2D eigenvalue weighted by Crippen LogP contribution is 2.25. The molecule has 1 aliphatic heterocycles. The number of aliphatic hydroxyl groups is 1. The van der Waals surface area contributed by atoms with E-state index in [9.17, 15) is 19.2 Å². The van der Waals surface area contributed by atoms with E-state index < -0.39 is 36.2 Å². The number of benzene rings is 1. The fraction of sp³-hybridized carbons (Fsp3) is 0.400. The first kappa shape index (κ1) is 21.3. The second-order valence-corrected chi connectivity index (χ2v) is 7.04. The molecule has 30 heavy (non-hydrogen) atoms. The van der Waals surface area contributed by atoms with E-state index >= 15 is 0 Å². The lowest BCUT2D eigenvalue weighted by molar-refractivity contribution is -0.130. The Hall–Kier alpha value is -3.40. The van der Waals surface area contributed by atoms with Gasteiger partial charge in [-0.2, -0.15) is 0 Å². The SMILES string of the molecule is COc1cccc2[nH]c(C(=O)NCC(=O)N[C@@H](C[C@@H]3CCNC3=O)C(=O)CO)cc12. The van der Waals surface area contributed by atoms with Gasteiger partial charge in [0.05, 0.1) is 19.7 Å². The fourth-order valence-corrected chi connectivity index (χ4v) is 3.46. The van der Waals surface area contributed by atoms with Crippen molar-refractivity contribution in [2.24, 2.45) is 5.92 Å². The van der Waals surface area contributed by atoms with Crippen LogP contribution in [-0.4, -0.2) is 66.4 Å². The first-order valence-corrected chi connectivity index (χ1v) is 9.57. The number of carbonyl (C=O) groups excluding carboxylic acids is 4. The molecule has 3 rings (SSSR count). The van der Waals surface area contributed by atoms with Crippen LogP contribution >= 0.6 is 0 Å². The highest BCUT2D eigenvalue weighted by molar-refractivity contribution is 6.01. The summed E-state index contributed by atoms with van der Waals surface area (Å²) in [5, 5.41) is 17.5. The summed E-state index contributed by atoms with van der Waals surface area (Å²) in [4.78, 5) is 51.3. The zero-order chi connectivity index (χ0) is 21.7. The van der Waals surface area contributed by atoms with Crippen molar-refractivity contribution < 1.29 is 29.0 Å². The Balaban J connectivity index is 1.58. The van der Waals surface area contributed by atoms with Crippen molar-refractivity contribution >= 4 is 34.4 Å². The summed E-state index contributed by atoms with van der Waals surface area (Å²) in [5.41, 5.74) is 0.973. The van der Waals surface area contributed by atoms with Crippen molar-refractivity contribution in [3.8, 4) is 5.75 Å². The highest BCUT2D eigenvalue weighted by atomic mass is 16.5. The molecule has 2 heterocycles. The van der Waals surface area contributed by atoms with Gasteiger partial charge in [-0.1, -0.05) is 6.07 Å². The number of aromatic nitrogens is 1. The molecule has 0 saturated carbocycles. The summed E-state index contributed by atoms with van der Waals surface area (Å²) in [6, 6.07) is 5.99. The molecule has 0 aliphatic carbocycles. The van der Waals surface area contributed by atoms with Crippen molar-refractivity contribution in [1.29, 1.82) is 0 Å². The molecule has 1 fully saturated rings. The lowest BCUT2D eigenvalue weighted by atomic mass is 9.96. The highest BCUT2D eigenvalue weighted by Gasteiger charge is 2.31. The van der Waals surface area contributed by atoms with Gasteiger partial charge in [-0.25, -0.2) is 0 Å². The number of methoxy groups -OCH3 is 1. The van der Waals surface area contributed by atoms with Crippen LogP contribution in [0.1, 0.15) is 23.3 Å². The Bertz CT molecular complexity index is 969. The standard InChI is InChI=1S/C20H24N4O6/c1-30-17-4-2-3-13-12(17)8-15(23-13)20(29)22-9-18(27)24-14(16(26)10-25)7-11-5-6-21-19(11)28/h2-4,8,11,14,23,25H,5-7,9-10H2,1H3,(H,21,28)(H,22,29)(H,24,27)/t11-,14-/m0/s1. The largest absolute Gasteiger partial charge is 0.496 e. The molecule has 10 nitrogen and oxygen atoms in total. The van der Waals surface area contributed by atoms with Crippen LogP contribution < -0.4 is 20.7 Å². The van der Waals surface area contributed by atoms with Crippen molar-refractivity contribution in [2.45, 2.75) is 18.9 Å². The van der Waals surface area contributed by atoms with Crippen molar-refractivity contribution in [1.82, 2.24) is 20.9 Å². The maximum atomic E-state index is 12.4. The number of Topliss-reactive ketones (excluding diaryl/α,β-unsaturated/α-hetero) is 1. The van der Waals surface area contributed by atoms with Crippen LogP contribution in [0.4, 0.5) is 0 Å². The minimum Gasteiger partial charge on any atom is -0.496 e. The van der Waals surface area contributed by atoms with E-state index in [0.717, 1.165) is 5.39 Å². The molecule has 3 amide bonds. The number of amides is 3. The topological polar surface area (TPSA) is 150 Å². The van der Waals surface area contributed by atoms with Crippen LogP contribution in [0.25, 0.3) is 10.9 Å². The number of aromatic amines is 1. The molecule has 1 aromatic heterocycles. The second kappa shape index (κ2) is 9.40. The van der Waals surface area contributed by atoms with E-state index in [1.54, 1.807) is 24.3 Å². The van der Waals surface area contributed by atoms with Gasteiger partial charge in [-0.05, 0) is 31.0 Å². The maximum Gasteiger partial charge on any atom is 0.268 e. The molecule has 5 N–H and O–H groups in total. The summed E-state index contributed by atoms with van der Waals surface area (Å²) in [6.07, 6.45) is 0.664. The van der Waals surface area contributed by atoms with E-state index in [0.29, 0.717) is 24.2 Å². The molecule has 1 saturated heterocycles. The lowest BCUT2D eigenvalue weighted by Gasteiger charge is -2.19. The molecule has 1 aromatic carbocycles. The minimum absolute atomic E-state index is 0.104.